The minimum atomic E-state index is -2.83. The van der Waals surface area contributed by atoms with Gasteiger partial charge in [-0.2, -0.15) is 10.1 Å². The molecule has 0 radical (unpaired) electrons. The molecule has 364 valence electrons. The van der Waals surface area contributed by atoms with Crippen molar-refractivity contribution in [2.45, 2.75) is 56.3 Å². The van der Waals surface area contributed by atoms with Gasteiger partial charge in [-0.1, -0.05) is 12.1 Å². The van der Waals surface area contributed by atoms with E-state index in [1.165, 1.54) is 0 Å². The Balaban J connectivity index is 0.836. The third-order valence-electron chi connectivity index (χ3n) is 13.7. The largest absolute Gasteiger partial charge is 0.494 e. The van der Waals surface area contributed by atoms with E-state index >= 15 is 0 Å². The first-order valence-electron chi connectivity index (χ1n) is 23.5. The van der Waals surface area contributed by atoms with Gasteiger partial charge in [0.1, 0.15) is 48.4 Å². The van der Waals surface area contributed by atoms with Gasteiger partial charge in [0.15, 0.2) is 0 Å². The van der Waals surface area contributed by atoms with E-state index in [1.54, 1.807) is 43.7 Å². The first kappa shape index (κ1) is 47.2. The molecule has 4 aliphatic heterocycles. The lowest BCUT2D eigenvalue weighted by Crippen LogP contribution is -2.59. The van der Waals surface area contributed by atoms with Crippen molar-refractivity contribution >= 4 is 92.0 Å². The number of anilines is 6. The van der Waals surface area contributed by atoms with Gasteiger partial charge in [0, 0.05) is 99.8 Å². The Morgan fingerprint density at radius 1 is 0.986 bits per heavy atom. The standard InChI is InChI=1S/C49H55BrN13O6P/c1-61-26-30(24-55-61)31-22-38(58-49-54-25-32(50)47(60-49)57-35-9-8-33-44(53-15-14-52-33)46(35)70(3,4)67)42(68-2)23-39(31)62-16-18-63(19-17-62)40(27-64)37-20-28(12-13-51-37)41-21-29-6-5-7-34(45(29)69-41)56-36-10-11-43(65)59-48(36)66/h5-9,14-15,22-28,36-37,40-41,51,56H,10-13,16-21H2,1-4H3,(H,59,65,66)(H2,54,57,58,60). The summed E-state index contributed by atoms with van der Waals surface area (Å²) in [4.78, 5) is 60.3. The van der Waals surface area contributed by atoms with Crippen molar-refractivity contribution in [2.24, 2.45) is 13.0 Å². The van der Waals surface area contributed by atoms with Gasteiger partial charge in [0.05, 0.1) is 51.7 Å². The highest BCUT2D eigenvalue weighted by Gasteiger charge is 2.40. The molecule has 6 aromatic rings. The van der Waals surface area contributed by atoms with Crippen molar-refractivity contribution in [1.29, 1.82) is 0 Å². The summed E-state index contributed by atoms with van der Waals surface area (Å²) in [6.45, 7) is 6.87. The summed E-state index contributed by atoms with van der Waals surface area (Å²) in [7, 11) is 0.689. The molecule has 3 aromatic carbocycles. The van der Waals surface area contributed by atoms with Crippen LogP contribution in [0.5, 0.6) is 11.5 Å². The molecule has 3 fully saturated rings. The van der Waals surface area contributed by atoms with E-state index in [2.05, 4.69) is 78.4 Å². The molecule has 21 heteroatoms. The minimum absolute atomic E-state index is 0.0481. The molecule has 5 unspecified atom stereocenters. The lowest BCUT2D eigenvalue weighted by Gasteiger charge is -2.44. The van der Waals surface area contributed by atoms with E-state index in [9.17, 15) is 18.9 Å². The molecule has 70 heavy (non-hydrogen) atoms. The van der Waals surface area contributed by atoms with Crippen molar-refractivity contribution in [1.82, 2.24) is 45.2 Å². The summed E-state index contributed by atoms with van der Waals surface area (Å²) >= 11 is 3.60. The van der Waals surface area contributed by atoms with E-state index < -0.39 is 13.2 Å². The number of rotatable bonds is 14. The molecule has 4 aliphatic rings. The number of para-hydroxylation sites is 1. The monoisotopic (exact) mass is 1030 g/mol. The third kappa shape index (κ3) is 9.69. The van der Waals surface area contributed by atoms with Gasteiger partial charge < -0.3 is 45.0 Å². The highest BCUT2D eigenvalue weighted by atomic mass is 79.9. The number of piperidine rings is 2. The number of carbonyl (C=O) groups is 3. The molecule has 5 N–H and O–H groups in total. The van der Waals surface area contributed by atoms with Crippen LogP contribution in [0.25, 0.3) is 22.2 Å². The summed E-state index contributed by atoms with van der Waals surface area (Å²) < 4.78 is 28.7. The average molecular weight is 1030 g/mol. The SMILES string of the molecule is COc1cc(N2CCN(C(C=O)C3CC(C4Cc5cccc(NC6CCC(=O)NC6=O)c5O4)CCN3)CC2)c(-c2cnn(C)c2)cc1Nc1ncc(Br)c(Nc2ccc3nccnc3c2P(C)(C)=O)n1. The number of halogens is 1. The number of piperazine rings is 1. The maximum atomic E-state index is 13.6. The van der Waals surface area contributed by atoms with Gasteiger partial charge in [-0.15, -0.1) is 0 Å². The van der Waals surface area contributed by atoms with E-state index in [0.717, 1.165) is 65.9 Å². The number of ether oxygens (including phenoxy) is 2. The fourth-order valence-electron chi connectivity index (χ4n) is 10.3. The number of imide groups is 1. The van der Waals surface area contributed by atoms with Crippen LogP contribution in [0, 0.1) is 5.92 Å². The first-order valence-corrected chi connectivity index (χ1v) is 26.9. The van der Waals surface area contributed by atoms with Gasteiger partial charge in [-0.05, 0) is 90.8 Å². The Labute approximate surface area is 413 Å². The Bertz CT molecular complexity index is 3030. The quantitative estimate of drug-likeness (QED) is 0.0509. The van der Waals surface area contributed by atoms with Gasteiger partial charge >= 0.3 is 0 Å². The molecule has 5 atom stereocenters. The highest BCUT2D eigenvalue weighted by molar-refractivity contribution is 9.10. The van der Waals surface area contributed by atoms with Crippen molar-refractivity contribution < 1.29 is 28.4 Å². The minimum Gasteiger partial charge on any atom is -0.494 e. The van der Waals surface area contributed by atoms with E-state index in [-0.39, 0.29) is 35.9 Å². The van der Waals surface area contributed by atoms with Crippen LogP contribution in [0.1, 0.15) is 31.2 Å². The second kappa shape index (κ2) is 19.7. The Kier molecular flexibility index (Phi) is 13.3. The predicted octanol–water partition coefficient (Wildman–Crippen LogP) is 5.61. The van der Waals surface area contributed by atoms with Gasteiger partial charge in [0.25, 0.3) is 0 Å². The Morgan fingerprint density at radius 2 is 1.81 bits per heavy atom. The van der Waals surface area contributed by atoms with Gasteiger partial charge in [-0.25, -0.2) is 4.98 Å². The van der Waals surface area contributed by atoms with Crippen LogP contribution < -0.4 is 46.3 Å². The molecule has 0 bridgehead atoms. The van der Waals surface area contributed by atoms with Crippen LogP contribution in [-0.2, 0) is 32.4 Å². The number of fused-ring (bicyclic) bond motifs is 2. The van der Waals surface area contributed by atoms with Crippen molar-refractivity contribution in [2.75, 3.05) is 74.0 Å². The topological polar surface area (TPSA) is 223 Å². The smallest absolute Gasteiger partial charge is 0.249 e. The zero-order valence-corrected chi connectivity index (χ0v) is 41.8. The summed E-state index contributed by atoms with van der Waals surface area (Å²) in [6, 6.07) is 12.8. The highest BCUT2D eigenvalue weighted by Crippen LogP contribution is 2.44. The van der Waals surface area contributed by atoms with Crippen LogP contribution in [0.2, 0.25) is 0 Å². The first-order chi connectivity index (χ1) is 33.8. The fourth-order valence-corrected chi connectivity index (χ4v) is 12.0. The number of nitrogens with zero attached hydrogens (tertiary/aromatic N) is 8. The average Bonchev–Trinajstić information content (AvgIpc) is 4.00. The van der Waals surface area contributed by atoms with Crippen LogP contribution in [-0.4, -0.2) is 130 Å². The number of hydrogen-bond acceptors (Lipinski definition) is 17. The maximum Gasteiger partial charge on any atom is 0.249 e. The molecule has 19 nitrogen and oxygen atoms in total. The molecule has 2 amide bonds. The zero-order chi connectivity index (χ0) is 48.7. The van der Waals surface area contributed by atoms with E-state index in [0.29, 0.717) is 88.7 Å². The number of hydrogen-bond donors (Lipinski definition) is 5. The zero-order valence-electron chi connectivity index (χ0n) is 39.3. The number of nitrogens with one attached hydrogen (secondary N) is 5. The van der Waals surface area contributed by atoms with Crippen molar-refractivity contribution in [3.05, 3.63) is 83.5 Å². The lowest BCUT2D eigenvalue weighted by molar-refractivity contribution is -0.133. The van der Waals surface area contributed by atoms with Crippen molar-refractivity contribution in [3.63, 3.8) is 0 Å². The van der Waals surface area contributed by atoms with E-state index in [1.807, 2.05) is 55.8 Å². The molecule has 0 aliphatic carbocycles. The maximum absolute atomic E-state index is 13.6. The summed E-state index contributed by atoms with van der Waals surface area (Å²) in [5.41, 5.74) is 7.12. The molecular weight excluding hydrogens is 978 g/mol. The number of aldehydes is 1. The van der Waals surface area contributed by atoms with Crippen LogP contribution in [0.4, 0.5) is 34.5 Å². The Morgan fingerprint density at radius 3 is 2.57 bits per heavy atom. The van der Waals surface area contributed by atoms with Crippen LogP contribution in [0.15, 0.2) is 77.9 Å². The van der Waals surface area contributed by atoms with Gasteiger partial charge in [-0.3, -0.25) is 34.5 Å². The summed E-state index contributed by atoms with van der Waals surface area (Å²) in [5, 5.41) is 21.3. The van der Waals surface area contributed by atoms with Crippen molar-refractivity contribution in [3.8, 4) is 22.6 Å². The van der Waals surface area contributed by atoms with Crippen LogP contribution in [0.3, 0.4) is 0 Å². The number of aromatic nitrogens is 6. The number of methoxy groups -OCH3 is 1. The molecular formula is C49H55BrN13O6P. The second-order valence-electron chi connectivity index (χ2n) is 18.6. The fraction of sp³-hybridized carbons (Fsp3) is 0.388. The second-order valence-corrected chi connectivity index (χ2v) is 22.6. The number of carbonyl (C=O) groups excluding carboxylic acids is 3. The number of amides is 2. The molecule has 0 saturated carbocycles. The number of aryl methyl sites for hydroxylation is 1. The Hall–Kier alpha value is -6.47. The van der Waals surface area contributed by atoms with Crippen LogP contribution >= 0.6 is 23.1 Å². The third-order valence-corrected chi connectivity index (χ3v) is 15.8. The molecule has 7 heterocycles. The van der Waals surface area contributed by atoms with Gasteiger partial charge in [0.2, 0.25) is 17.8 Å². The number of benzene rings is 3. The molecule has 3 aromatic heterocycles. The molecule has 3 saturated heterocycles. The summed E-state index contributed by atoms with van der Waals surface area (Å²) in [6.07, 6.45) is 12.9. The predicted molar refractivity (Wildman–Crippen MR) is 273 cm³/mol. The molecule has 10 rings (SSSR count). The normalized spacial score (nSPS) is 21.1. The summed E-state index contributed by atoms with van der Waals surface area (Å²) in [5.74, 6) is 1.76. The lowest BCUT2D eigenvalue weighted by atomic mass is 9.83. The molecule has 0 spiro atoms. The van der Waals surface area contributed by atoms with E-state index in [4.69, 9.17) is 14.5 Å².